The number of fused-ring (bicyclic) bond motifs is 1. The lowest BCUT2D eigenvalue weighted by atomic mass is 10.0. The van der Waals surface area contributed by atoms with E-state index in [-0.39, 0.29) is 0 Å². The molecule has 2 heterocycles. The third-order valence-electron chi connectivity index (χ3n) is 4.44. The zero-order valence-electron chi connectivity index (χ0n) is 12.4. The van der Waals surface area contributed by atoms with E-state index in [0.717, 1.165) is 32.4 Å². The van der Waals surface area contributed by atoms with Gasteiger partial charge in [0.2, 0.25) is 10.0 Å². The van der Waals surface area contributed by atoms with Crippen LogP contribution in [-0.4, -0.2) is 44.7 Å². The first-order valence-corrected chi connectivity index (χ1v) is 9.42. The van der Waals surface area contributed by atoms with Crippen LogP contribution in [0.4, 0.5) is 5.69 Å². The number of hydrogen-bond donors (Lipinski definition) is 2. The van der Waals surface area contributed by atoms with Crippen molar-refractivity contribution in [3.8, 4) is 0 Å². The predicted molar refractivity (Wildman–Crippen MR) is 84.9 cm³/mol. The second-order valence-electron chi connectivity index (χ2n) is 5.95. The van der Waals surface area contributed by atoms with E-state index in [9.17, 15) is 8.42 Å². The molecule has 1 aromatic rings. The van der Waals surface area contributed by atoms with Gasteiger partial charge in [-0.05, 0) is 30.4 Å². The molecule has 0 unspecified atom stereocenters. The summed E-state index contributed by atoms with van der Waals surface area (Å²) >= 11 is 0. The van der Waals surface area contributed by atoms with Crippen molar-refractivity contribution in [1.82, 2.24) is 9.62 Å². The van der Waals surface area contributed by atoms with Gasteiger partial charge in [-0.3, -0.25) is 0 Å². The maximum atomic E-state index is 11.5. The molecule has 2 aliphatic rings. The standard InChI is InChI=1S/C15H23N3O2S/c1-21(19,20)18-9-6-14(7-10-18)17-11-13-4-2-3-12-5-8-16-15(12)13/h2-4,14,16-17H,5-11H2,1H3. The van der Waals surface area contributed by atoms with Crippen LogP contribution in [0.3, 0.4) is 0 Å². The highest BCUT2D eigenvalue weighted by molar-refractivity contribution is 7.88. The Hall–Kier alpha value is -1.11. The van der Waals surface area contributed by atoms with Gasteiger partial charge in [-0.15, -0.1) is 0 Å². The highest BCUT2D eigenvalue weighted by Gasteiger charge is 2.24. The maximum Gasteiger partial charge on any atom is 0.211 e. The molecule has 1 aromatic carbocycles. The molecular weight excluding hydrogens is 286 g/mol. The van der Waals surface area contributed by atoms with Gasteiger partial charge in [-0.1, -0.05) is 18.2 Å². The molecule has 0 saturated carbocycles. The molecule has 5 nitrogen and oxygen atoms in total. The molecule has 2 aliphatic heterocycles. The summed E-state index contributed by atoms with van der Waals surface area (Å²) in [5.74, 6) is 0. The maximum absolute atomic E-state index is 11.5. The molecule has 21 heavy (non-hydrogen) atoms. The molecule has 1 fully saturated rings. The van der Waals surface area contributed by atoms with Gasteiger partial charge in [0.25, 0.3) is 0 Å². The second-order valence-corrected chi connectivity index (χ2v) is 7.93. The van der Waals surface area contributed by atoms with Crippen LogP contribution >= 0.6 is 0 Å². The molecule has 3 rings (SSSR count). The summed E-state index contributed by atoms with van der Waals surface area (Å²) in [6.07, 6.45) is 4.17. The third kappa shape index (κ3) is 3.39. The zero-order chi connectivity index (χ0) is 14.9. The van der Waals surface area contributed by atoms with E-state index in [1.165, 1.54) is 23.1 Å². The minimum Gasteiger partial charge on any atom is -0.384 e. The first kappa shape index (κ1) is 14.8. The lowest BCUT2D eigenvalue weighted by Crippen LogP contribution is -2.44. The van der Waals surface area contributed by atoms with Crippen LogP contribution < -0.4 is 10.6 Å². The summed E-state index contributed by atoms with van der Waals surface area (Å²) in [5.41, 5.74) is 4.01. The summed E-state index contributed by atoms with van der Waals surface area (Å²) in [5, 5.41) is 7.03. The zero-order valence-corrected chi connectivity index (χ0v) is 13.2. The van der Waals surface area contributed by atoms with Crippen LogP contribution in [0.1, 0.15) is 24.0 Å². The Morgan fingerprint density at radius 1 is 1.33 bits per heavy atom. The number of hydrogen-bond acceptors (Lipinski definition) is 4. The fourth-order valence-corrected chi connectivity index (χ4v) is 4.08. The number of rotatable bonds is 4. The minimum absolute atomic E-state index is 0.403. The molecule has 0 radical (unpaired) electrons. The van der Waals surface area contributed by atoms with Gasteiger partial charge in [0.1, 0.15) is 0 Å². The first-order valence-electron chi connectivity index (χ1n) is 7.57. The number of para-hydroxylation sites is 1. The van der Waals surface area contributed by atoms with E-state index < -0.39 is 10.0 Å². The third-order valence-corrected chi connectivity index (χ3v) is 5.74. The fourth-order valence-electron chi connectivity index (χ4n) is 3.20. The van der Waals surface area contributed by atoms with Gasteiger partial charge >= 0.3 is 0 Å². The Balaban J connectivity index is 1.54. The number of benzene rings is 1. The molecule has 0 atom stereocenters. The van der Waals surface area contributed by atoms with E-state index in [2.05, 4.69) is 28.8 Å². The number of nitrogens with one attached hydrogen (secondary N) is 2. The number of piperidine rings is 1. The van der Waals surface area contributed by atoms with E-state index in [4.69, 9.17) is 0 Å². The summed E-state index contributed by atoms with van der Waals surface area (Å²) < 4.78 is 24.6. The molecular formula is C15H23N3O2S. The fraction of sp³-hybridized carbons (Fsp3) is 0.600. The van der Waals surface area contributed by atoms with Crippen LogP contribution in [-0.2, 0) is 23.0 Å². The lowest BCUT2D eigenvalue weighted by Gasteiger charge is -2.31. The van der Waals surface area contributed by atoms with Gasteiger partial charge in [-0.25, -0.2) is 12.7 Å². The van der Waals surface area contributed by atoms with Gasteiger partial charge in [-0.2, -0.15) is 0 Å². The van der Waals surface area contributed by atoms with Crippen molar-refractivity contribution in [1.29, 1.82) is 0 Å². The lowest BCUT2D eigenvalue weighted by molar-refractivity contribution is 0.290. The largest absolute Gasteiger partial charge is 0.384 e. The van der Waals surface area contributed by atoms with Crippen molar-refractivity contribution in [3.05, 3.63) is 29.3 Å². The number of nitrogens with zero attached hydrogens (tertiary/aromatic N) is 1. The topological polar surface area (TPSA) is 61.4 Å². The Labute approximate surface area is 126 Å². The normalized spacial score (nSPS) is 20.2. The molecule has 116 valence electrons. The molecule has 0 amide bonds. The highest BCUT2D eigenvalue weighted by atomic mass is 32.2. The molecule has 0 bridgehead atoms. The highest BCUT2D eigenvalue weighted by Crippen LogP contribution is 2.26. The van der Waals surface area contributed by atoms with E-state index in [1.807, 2.05) is 0 Å². The monoisotopic (exact) mass is 309 g/mol. The smallest absolute Gasteiger partial charge is 0.211 e. The first-order chi connectivity index (χ1) is 10.0. The van der Waals surface area contributed by atoms with Gasteiger partial charge in [0.15, 0.2) is 0 Å². The molecule has 0 aliphatic carbocycles. The van der Waals surface area contributed by atoms with E-state index in [1.54, 1.807) is 4.31 Å². The Kier molecular flexibility index (Phi) is 4.19. The molecule has 0 aromatic heterocycles. The van der Waals surface area contributed by atoms with Crippen molar-refractivity contribution < 1.29 is 8.42 Å². The number of anilines is 1. The van der Waals surface area contributed by atoms with Crippen LogP contribution in [0.15, 0.2) is 18.2 Å². The summed E-state index contributed by atoms with van der Waals surface area (Å²) in [6.45, 7) is 3.13. The average Bonchev–Trinajstić information content (AvgIpc) is 2.93. The van der Waals surface area contributed by atoms with Crippen LogP contribution in [0.25, 0.3) is 0 Å². The van der Waals surface area contributed by atoms with Crippen LogP contribution in [0, 0.1) is 0 Å². The summed E-state index contributed by atoms with van der Waals surface area (Å²) in [6, 6.07) is 6.87. The van der Waals surface area contributed by atoms with Crippen molar-refractivity contribution in [3.63, 3.8) is 0 Å². The predicted octanol–water partition coefficient (Wildman–Crippen LogP) is 1.17. The van der Waals surface area contributed by atoms with Gasteiger partial charge in [0.05, 0.1) is 6.26 Å². The summed E-state index contributed by atoms with van der Waals surface area (Å²) in [7, 11) is -3.03. The molecule has 1 saturated heterocycles. The Bertz CT molecular complexity index is 607. The van der Waals surface area contributed by atoms with Gasteiger partial charge in [0, 0.05) is 37.9 Å². The summed E-state index contributed by atoms with van der Waals surface area (Å²) in [4.78, 5) is 0. The van der Waals surface area contributed by atoms with Crippen molar-refractivity contribution in [2.24, 2.45) is 0 Å². The second kappa shape index (κ2) is 5.94. The Morgan fingerprint density at radius 2 is 2.10 bits per heavy atom. The Morgan fingerprint density at radius 3 is 2.81 bits per heavy atom. The molecule has 0 spiro atoms. The van der Waals surface area contributed by atoms with Crippen molar-refractivity contribution >= 4 is 15.7 Å². The quantitative estimate of drug-likeness (QED) is 0.876. The molecule has 6 heteroatoms. The van der Waals surface area contributed by atoms with Crippen molar-refractivity contribution in [2.45, 2.75) is 31.8 Å². The molecule has 2 N–H and O–H groups in total. The van der Waals surface area contributed by atoms with Crippen LogP contribution in [0.2, 0.25) is 0 Å². The number of sulfonamides is 1. The van der Waals surface area contributed by atoms with E-state index in [0.29, 0.717) is 19.1 Å². The van der Waals surface area contributed by atoms with E-state index >= 15 is 0 Å². The minimum atomic E-state index is -3.03. The van der Waals surface area contributed by atoms with Crippen LogP contribution in [0.5, 0.6) is 0 Å². The van der Waals surface area contributed by atoms with Crippen molar-refractivity contribution in [2.75, 3.05) is 31.2 Å². The van der Waals surface area contributed by atoms with Gasteiger partial charge < -0.3 is 10.6 Å². The SMILES string of the molecule is CS(=O)(=O)N1CCC(NCc2cccc3c2NCC3)CC1. The average molecular weight is 309 g/mol.